The molecule has 1 amide bonds. The molecule has 0 saturated carbocycles. The van der Waals surface area contributed by atoms with Crippen LogP contribution < -0.4 is 5.32 Å². The van der Waals surface area contributed by atoms with Crippen molar-refractivity contribution < 1.29 is 9.90 Å². The quantitative estimate of drug-likeness (QED) is 0.875. The molecule has 1 aromatic carbocycles. The summed E-state index contributed by atoms with van der Waals surface area (Å²) in [5.41, 5.74) is 1.55. The topological polar surface area (TPSA) is 62.2 Å². The molecule has 0 unspecified atom stereocenters. The van der Waals surface area contributed by atoms with Crippen LogP contribution in [0, 0.1) is 6.92 Å². The zero-order chi connectivity index (χ0) is 13.1. The summed E-state index contributed by atoms with van der Waals surface area (Å²) < 4.78 is 0. The minimum absolute atomic E-state index is 0.114. The molecule has 2 aromatic rings. The molecule has 0 aliphatic rings. The van der Waals surface area contributed by atoms with Crippen LogP contribution in [0.3, 0.4) is 0 Å². The molecule has 0 aliphatic carbocycles. The molecule has 1 heterocycles. The number of aryl methyl sites for hydroxylation is 1. The number of anilines is 1. The van der Waals surface area contributed by atoms with E-state index in [0.29, 0.717) is 10.7 Å². The summed E-state index contributed by atoms with van der Waals surface area (Å²) in [6.07, 6.45) is 1.55. The molecule has 18 heavy (non-hydrogen) atoms. The van der Waals surface area contributed by atoms with Gasteiger partial charge in [-0.1, -0.05) is 11.6 Å². The van der Waals surface area contributed by atoms with Crippen molar-refractivity contribution in [2.24, 2.45) is 0 Å². The Labute approximate surface area is 109 Å². The Morgan fingerprint density at radius 1 is 1.33 bits per heavy atom. The second-order valence-electron chi connectivity index (χ2n) is 3.80. The van der Waals surface area contributed by atoms with Crippen LogP contribution in [0.2, 0.25) is 5.02 Å². The van der Waals surface area contributed by atoms with E-state index in [1.165, 1.54) is 18.2 Å². The van der Waals surface area contributed by atoms with E-state index in [-0.39, 0.29) is 11.3 Å². The van der Waals surface area contributed by atoms with E-state index >= 15 is 0 Å². The van der Waals surface area contributed by atoms with Gasteiger partial charge in [0.15, 0.2) is 0 Å². The van der Waals surface area contributed by atoms with Crippen LogP contribution >= 0.6 is 11.6 Å². The largest absolute Gasteiger partial charge is 0.507 e. The van der Waals surface area contributed by atoms with E-state index in [9.17, 15) is 9.90 Å². The molecule has 0 bridgehead atoms. The third kappa shape index (κ3) is 2.78. The van der Waals surface area contributed by atoms with Gasteiger partial charge in [0, 0.05) is 10.7 Å². The Bertz CT molecular complexity index is 582. The van der Waals surface area contributed by atoms with Crippen LogP contribution in [0.1, 0.15) is 16.1 Å². The van der Waals surface area contributed by atoms with Gasteiger partial charge < -0.3 is 10.4 Å². The fourth-order valence-corrected chi connectivity index (χ4v) is 1.60. The van der Waals surface area contributed by atoms with Crippen molar-refractivity contribution in [1.82, 2.24) is 4.98 Å². The Kier molecular flexibility index (Phi) is 3.48. The van der Waals surface area contributed by atoms with Crippen molar-refractivity contribution in [2.75, 3.05) is 5.32 Å². The Morgan fingerprint density at radius 2 is 2.11 bits per heavy atom. The Morgan fingerprint density at radius 3 is 2.78 bits per heavy atom. The van der Waals surface area contributed by atoms with Gasteiger partial charge in [0.25, 0.3) is 5.91 Å². The maximum Gasteiger partial charge on any atom is 0.259 e. The number of amides is 1. The first-order valence-corrected chi connectivity index (χ1v) is 5.66. The molecular formula is C13H11ClN2O2. The highest BCUT2D eigenvalue weighted by atomic mass is 35.5. The first-order valence-electron chi connectivity index (χ1n) is 5.29. The van der Waals surface area contributed by atoms with Crippen LogP contribution in [-0.2, 0) is 0 Å². The molecule has 0 atom stereocenters. The van der Waals surface area contributed by atoms with Crippen LogP contribution in [-0.4, -0.2) is 16.0 Å². The number of halogens is 1. The molecule has 4 nitrogen and oxygen atoms in total. The van der Waals surface area contributed by atoms with E-state index < -0.39 is 5.91 Å². The summed E-state index contributed by atoms with van der Waals surface area (Å²) in [6, 6.07) is 7.83. The number of nitrogens with one attached hydrogen (secondary N) is 1. The zero-order valence-electron chi connectivity index (χ0n) is 9.64. The lowest BCUT2D eigenvalue weighted by molar-refractivity contribution is 0.102. The maximum absolute atomic E-state index is 11.9. The fraction of sp³-hybridized carbons (Fsp3) is 0.0769. The molecule has 1 aromatic heterocycles. The normalized spacial score (nSPS) is 10.1. The van der Waals surface area contributed by atoms with Gasteiger partial charge in [0.05, 0.1) is 17.4 Å². The van der Waals surface area contributed by atoms with Crippen LogP contribution in [0.5, 0.6) is 5.75 Å². The molecular weight excluding hydrogens is 252 g/mol. The van der Waals surface area contributed by atoms with Crippen LogP contribution in [0.15, 0.2) is 36.5 Å². The summed E-state index contributed by atoms with van der Waals surface area (Å²) >= 11 is 5.78. The third-order valence-corrected chi connectivity index (χ3v) is 2.61. The number of rotatable bonds is 2. The lowest BCUT2D eigenvalue weighted by atomic mass is 10.2. The number of phenolic OH excluding ortho intramolecular Hbond substituents is 1. The lowest BCUT2D eigenvalue weighted by Gasteiger charge is -2.07. The smallest absolute Gasteiger partial charge is 0.259 e. The maximum atomic E-state index is 11.9. The van der Waals surface area contributed by atoms with Gasteiger partial charge in [0.1, 0.15) is 5.75 Å². The van der Waals surface area contributed by atoms with E-state index in [1.54, 1.807) is 18.3 Å². The number of aromatic hydroxyl groups is 1. The lowest BCUT2D eigenvalue weighted by Crippen LogP contribution is -2.12. The number of aromatic nitrogens is 1. The first kappa shape index (κ1) is 12.4. The number of nitrogens with zero attached hydrogens (tertiary/aromatic N) is 1. The van der Waals surface area contributed by atoms with Gasteiger partial charge in [-0.2, -0.15) is 0 Å². The van der Waals surface area contributed by atoms with Crippen molar-refractivity contribution in [1.29, 1.82) is 0 Å². The van der Waals surface area contributed by atoms with E-state index in [4.69, 9.17) is 11.6 Å². The van der Waals surface area contributed by atoms with Gasteiger partial charge in [0.2, 0.25) is 0 Å². The molecule has 0 spiro atoms. The highest BCUT2D eigenvalue weighted by molar-refractivity contribution is 6.31. The average Bonchev–Trinajstić information content (AvgIpc) is 2.35. The first-order chi connectivity index (χ1) is 8.56. The zero-order valence-corrected chi connectivity index (χ0v) is 10.4. The van der Waals surface area contributed by atoms with Crippen LogP contribution in [0.4, 0.5) is 5.69 Å². The van der Waals surface area contributed by atoms with Gasteiger partial charge >= 0.3 is 0 Å². The summed E-state index contributed by atoms with van der Waals surface area (Å²) in [7, 11) is 0. The molecule has 2 N–H and O–H groups in total. The number of phenols is 1. The minimum Gasteiger partial charge on any atom is -0.507 e. The molecule has 5 heteroatoms. The van der Waals surface area contributed by atoms with Gasteiger partial charge in [-0.3, -0.25) is 9.78 Å². The van der Waals surface area contributed by atoms with E-state index in [2.05, 4.69) is 10.3 Å². The number of benzene rings is 1. The molecule has 2 rings (SSSR count). The number of hydrogen-bond donors (Lipinski definition) is 2. The summed E-state index contributed by atoms with van der Waals surface area (Å²) in [4.78, 5) is 16.0. The second-order valence-corrected chi connectivity index (χ2v) is 4.24. The number of carbonyl (C=O) groups is 1. The predicted molar refractivity (Wildman–Crippen MR) is 70.0 cm³/mol. The molecule has 0 saturated heterocycles. The van der Waals surface area contributed by atoms with Gasteiger partial charge in [-0.05, 0) is 37.3 Å². The molecule has 0 radical (unpaired) electrons. The number of pyridine rings is 1. The van der Waals surface area contributed by atoms with Crippen molar-refractivity contribution in [3.05, 3.63) is 52.8 Å². The minimum atomic E-state index is -0.430. The summed E-state index contributed by atoms with van der Waals surface area (Å²) in [5, 5.41) is 12.6. The molecule has 0 fully saturated rings. The van der Waals surface area contributed by atoms with E-state index in [0.717, 1.165) is 5.69 Å². The summed E-state index contributed by atoms with van der Waals surface area (Å²) in [5.74, 6) is -0.544. The van der Waals surface area contributed by atoms with E-state index in [1.807, 2.05) is 6.92 Å². The second kappa shape index (κ2) is 5.06. The van der Waals surface area contributed by atoms with Crippen LogP contribution in [0.25, 0.3) is 0 Å². The fourth-order valence-electron chi connectivity index (χ4n) is 1.43. The highest BCUT2D eigenvalue weighted by Gasteiger charge is 2.11. The third-order valence-electron chi connectivity index (χ3n) is 2.37. The number of carbonyl (C=O) groups excluding carboxylic acids is 1. The van der Waals surface area contributed by atoms with Crippen molar-refractivity contribution in [2.45, 2.75) is 6.92 Å². The SMILES string of the molecule is Cc1ccc(NC(=O)c2cc(Cl)ccc2O)cn1. The van der Waals surface area contributed by atoms with Crippen molar-refractivity contribution in [3.8, 4) is 5.75 Å². The van der Waals surface area contributed by atoms with Gasteiger partial charge in [-0.15, -0.1) is 0 Å². The standard InChI is InChI=1S/C13H11ClN2O2/c1-8-2-4-10(7-15-8)16-13(18)11-6-9(14)3-5-12(11)17/h2-7,17H,1H3,(H,16,18). The Balaban J connectivity index is 2.21. The van der Waals surface area contributed by atoms with Gasteiger partial charge in [-0.25, -0.2) is 0 Å². The average molecular weight is 263 g/mol. The monoisotopic (exact) mass is 262 g/mol. The predicted octanol–water partition coefficient (Wildman–Crippen LogP) is 3.00. The van der Waals surface area contributed by atoms with Crippen molar-refractivity contribution in [3.63, 3.8) is 0 Å². The highest BCUT2D eigenvalue weighted by Crippen LogP contribution is 2.22. The number of hydrogen-bond acceptors (Lipinski definition) is 3. The summed E-state index contributed by atoms with van der Waals surface area (Å²) in [6.45, 7) is 1.86. The van der Waals surface area contributed by atoms with Crippen molar-refractivity contribution >= 4 is 23.2 Å². The Hall–Kier alpha value is -2.07. The molecule has 92 valence electrons. The molecule has 0 aliphatic heterocycles.